The third kappa shape index (κ3) is 2.16. The van der Waals surface area contributed by atoms with Crippen LogP contribution in [0.2, 0.25) is 0 Å². The standard InChI is InChI=1S/C12H9ClFN/c13-8-12-11(5-2-6-15-12)9-3-1-4-10(14)7-9/h1-7H,8H2. The van der Waals surface area contributed by atoms with E-state index in [1.807, 2.05) is 18.2 Å². The number of benzene rings is 1. The smallest absolute Gasteiger partial charge is 0.123 e. The Morgan fingerprint density at radius 2 is 2.07 bits per heavy atom. The minimum atomic E-state index is -0.253. The Morgan fingerprint density at radius 3 is 2.80 bits per heavy atom. The van der Waals surface area contributed by atoms with Gasteiger partial charge in [0.25, 0.3) is 0 Å². The maximum absolute atomic E-state index is 13.0. The highest BCUT2D eigenvalue weighted by molar-refractivity contribution is 6.17. The zero-order valence-corrected chi connectivity index (χ0v) is 8.71. The summed E-state index contributed by atoms with van der Waals surface area (Å²) >= 11 is 5.77. The number of aromatic nitrogens is 1. The Balaban J connectivity index is 2.53. The molecule has 0 aliphatic carbocycles. The molecule has 0 unspecified atom stereocenters. The normalized spacial score (nSPS) is 10.3. The summed E-state index contributed by atoms with van der Waals surface area (Å²) in [6.07, 6.45) is 1.68. The monoisotopic (exact) mass is 221 g/mol. The fraction of sp³-hybridized carbons (Fsp3) is 0.0833. The van der Waals surface area contributed by atoms with Crippen molar-refractivity contribution in [3.8, 4) is 11.1 Å². The first-order chi connectivity index (χ1) is 7.31. The number of pyridine rings is 1. The van der Waals surface area contributed by atoms with Gasteiger partial charge < -0.3 is 0 Å². The maximum Gasteiger partial charge on any atom is 0.123 e. The lowest BCUT2D eigenvalue weighted by molar-refractivity contribution is 0.628. The van der Waals surface area contributed by atoms with Crippen molar-refractivity contribution < 1.29 is 4.39 Å². The molecule has 76 valence electrons. The van der Waals surface area contributed by atoms with Crippen LogP contribution in [0.3, 0.4) is 0 Å². The molecule has 0 saturated carbocycles. The van der Waals surface area contributed by atoms with E-state index in [4.69, 9.17) is 11.6 Å². The highest BCUT2D eigenvalue weighted by Crippen LogP contribution is 2.23. The molecule has 0 radical (unpaired) electrons. The maximum atomic E-state index is 13.0. The molecule has 0 amide bonds. The first kappa shape index (κ1) is 10.1. The average Bonchev–Trinajstić information content (AvgIpc) is 2.29. The molecular weight excluding hydrogens is 213 g/mol. The van der Waals surface area contributed by atoms with Gasteiger partial charge in [-0.2, -0.15) is 0 Å². The average molecular weight is 222 g/mol. The topological polar surface area (TPSA) is 12.9 Å². The SMILES string of the molecule is Fc1cccc(-c2cccnc2CCl)c1. The molecule has 0 saturated heterocycles. The van der Waals surface area contributed by atoms with Crippen LogP contribution >= 0.6 is 11.6 Å². The lowest BCUT2D eigenvalue weighted by Gasteiger charge is -2.05. The molecule has 1 nitrogen and oxygen atoms in total. The van der Waals surface area contributed by atoms with Crippen molar-refractivity contribution in [3.63, 3.8) is 0 Å². The van der Waals surface area contributed by atoms with Crippen molar-refractivity contribution in [1.82, 2.24) is 4.98 Å². The fourth-order valence-corrected chi connectivity index (χ4v) is 1.68. The van der Waals surface area contributed by atoms with Gasteiger partial charge >= 0.3 is 0 Å². The quantitative estimate of drug-likeness (QED) is 0.706. The molecule has 1 aromatic carbocycles. The van der Waals surface area contributed by atoms with E-state index >= 15 is 0 Å². The largest absolute Gasteiger partial charge is 0.259 e. The molecule has 1 heterocycles. The van der Waals surface area contributed by atoms with Crippen molar-refractivity contribution in [2.45, 2.75) is 5.88 Å². The lowest BCUT2D eigenvalue weighted by atomic mass is 10.0. The van der Waals surface area contributed by atoms with Gasteiger partial charge in [-0.3, -0.25) is 4.98 Å². The minimum Gasteiger partial charge on any atom is -0.259 e. The van der Waals surface area contributed by atoms with Crippen LogP contribution in [0.5, 0.6) is 0 Å². The van der Waals surface area contributed by atoms with E-state index in [9.17, 15) is 4.39 Å². The highest BCUT2D eigenvalue weighted by atomic mass is 35.5. The van der Waals surface area contributed by atoms with Gasteiger partial charge in [-0.25, -0.2) is 4.39 Å². The highest BCUT2D eigenvalue weighted by Gasteiger charge is 2.05. The van der Waals surface area contributed by atoms with Gasteiger partial charge in [0.05, 0.1) is 11.6 Å². The predicted molar refractivity (Wildman–Crippen MR) is 59.2 cm³/mol. The summed E-state index contributed by atoms with van der Waals surface area (Å²) in [5.41, 5.74) is 2.45. The summed E-state index contributed by atoms with van der Waals surface area (Å²) in [7, 11) is 0. The van der Waals surface area contributed by atoms with Gasteiger partial charge in [0.15, 0.2) is 0 Å². The van der Waals surface area contributed by atoms with Crippen LogP contribution in [-0.2, 0) is 5.88 Å². The van der Waals surface area contributed by atoms with Gasteiger partial charge in [0.1, 0.15) is 5.82 Å². The first-order valence-electron chi connectivity index (χ1n) is 4.57. The number of nitrogens with zero attached hydrogens (tertiary/aromatic N) is 1. The molecule has 0 spiro atoms. The third-order valence-electron chi connectivity index (χ3n) is 2.15. The summed E-state index contributed by atoms with van der Waals surface area (Å²) in [5, 5.41) is 0. The molecular formula is C12H9ClFN. The molecule has 0 N–H and O–H groups in total. The molecule has 15 heavy (non-hydrogen) atoms. The van der Waals surface area contributed by atoms with Crippen LogP contribution in [-0.4, -0.2) is 4.98 Å². The van der Waals surface area contributed by atoms with E-state index in [2.05, 4.69) is 4.98 Å². The van der Waals surface area contributed by atoms with Crippen molar-refractivity contribution in [2.75, 3.05) is 0 Å². The van der Waals surface area contributed by atoms with Crippen LogP contribution in [0.25, 0.3) is 11.1 Å². The van der Waals surface area contributed by atoms with Crippen molar-refractivity contribution in [1.29, 1.82) is 0 Å². The Bertz CT molecular complexity index is 471. The molecule has 0 bridgehead atoms. The predicted octanol–water partition coefficient (Wildman–Crippen LogP) is 3.63. The summed E-state index contributed by atoms with van der Waals surface area (Å²) in [6, 6.07) is 10.1. The summed E-state index contributed by atoms with van der Waals surface area (Å²) < 4.78 is 13.0. The van der Waals surface area contributed by atoms with Crippen LogP contribution in [0.4, 0.5) is 4.39 Å². The summed E-state index contributed by atoms with van der Waals surface area (Å²) in [4.78, 5) is 4.15. The second-order valence-electron chi connectivity index (χ2n) is 3.14. The van der Waals surface area contributed by atoms with Gasteiger partial charge in [0.2, 0.25) is 0 Å². The van der Waals surface area contributed by atoms with E-state index in [1.54, 1.807) is 12.3 Å². The molecule has 2 aromatic rings. The van der Waals surface area contributed by atoms with Gasteiger partial charge in [0, 0.05) is 11.8 Å². The molecule has 0 aliphatic rings. The van der Waals surface area contributed by atoms with E-state index < -0.39 is 0 Å². The van der Waals surface area contributed by atoms with E-state index in [0.717, 1.165) is 16.8 Å². The van der Waals surface area contributed by atoms with Gasteiger partial charge in [-0.15, -0.1) is 11.6 Å². The Kier molecular flexibility index (Phi) is 2.97. The number of hydrogen-bond acceptors (Lipinski definition) is 1. The van der Waals surface area contributed by atoms with Crippen LogP contribution in [0, 0.1) is 5.82 Å². The summed E-state index contributed by atoms with van der Waals surface area (Å²) in [5.74, 6) is 0.0732. The van der Waals surface area contributed by atoms with Crippen LogP contribution in [0.1, 0.15) is 5.69 Å². The molecule has 2 rings (SSSR count). The second-order valence-corrected chi connectivity index (χ2v) is 3.41. The fourth-order valence-electron chi connectivity index (χ4n) is 1.46. The Hall–Kier alpha value is -1.41. The van der Waals surface area contributed by atoms with Crippen LogP contribution < -0.4 is 0 Å². The zero-order valence-electron chi connectivity index (χ0n) is 7.95. The van der Waals surface area contributed by atoms with Crippen molar-refractivity contribution in [2.24, 2.45) is 0 Å². The van der Waals surface area contributed by atoms with E-state index in [-0.39, 0.29) is 5.82 Å². The van der Waals surface area contributed by atoms with Gasteiger partial charge in [-0.05, 0) is 23.8 Å². The van der Waals surface area contributed by atoms with Crippen molar-refractivity contribution >= 4 is 11.6 Å². The third-order valence-corrected chi connectivity index (χ3v) is 2.41. The van der Waals surface area contributed by atoms with Crippen molar-refractivity contribution in [3.05, 3.63) is 54.1 Å². The zero-order chi connectivity index (χ0) is 10.7. The Labute approximate surface area is 92.5 Å². The number of alkyl halides is 1. The van der Waals surface area contributed by atoms with Gasteiger partial charge in [-0.1, -0.05) is 18.2 Å². The molecule has 0 atom stereocenters. The lowest BCUT2D eigenvalue weighted by Crippen LogP contribution is -1.90. The van der Waals surface area contributed by atoms with E-state index in [1.165, 1.54) is 12.1 Å². The molecule has 0 aliphatic heterocycles. The molecule has 3 heteroatoms. The number of rotatable bonds is 2. The van der Waals surface area contributed by atoms with Crippen LogP contribution in [0.15, 0.2) is 42.6 Å². The first-order valence-corrected chi connectivity index (χ1v) is 5.10. The Morgan fingerprint density at radius 1 is 1.20 bits per heavy atom. The minimum absolute atomic E-state index is 0.253. The number of halogens is 2. The molecule has 0 fully saturated rings. The summed E-state index contributed by atoms with van der Waals surface area (Å²) in [6.45, 7) is 0. The second kappa shape index (κ2) is 4.41. The van der Waals surface area contributed by atoms with E-state index in [0.29, 0.717) is 5.88 Å². The number of hydrogen-bond donors (Lipinski definition) is 0. The molecule has 1 aromatic heterocycles.